The summed E-state index contributed by atoms with van der Waals surface area (Å²) in [5, 5.41) is 39.9. The summed E-state index contributed by atoms with van der Waals surface area (Å²) in [7, 11) is 0. The Morgan fingerprint density at radius 1 is 0.675 bits per heavy atom. The zero-order chi connectivity index (χ0) is 28.1. The van der Waals surface area contributed by atoms with E-state index in [0.717, 1.165) is 6.07 Å². The molecule has 0 aliphatic heterocycles. The SMILES string of the molecule is O=c1c(-c2ccc(O)c(Oc3ccc(-c4coc5c(Cl)c(O)cc(O)c5c4=O)cc3)c2)coc2cc(O)ccc12. The van der Waals surface area contributed by atoms with E-state index in [4.69, 9.17) is 25.2 Å². The first-order valence-corrected chi connectivity index (χ1v) is 12.1. The largest absolute Gasteiger partial charge is 0.508 e. The van der Waals surface area contributed by atoms with Crippen molar-refractivity contribution in [1.82, 2.24) is 0 Å². The zero-order valence-electron chi connectivity index (χ0n) is 20.2. The van der Waals surface area contributed by atoms with E-state index in [9.17, 15) is 30.0 Å². The summed E-state index contributed by atoms with van der Waals surface area (Å²) >= 11 is 6.01. The van der Waals surface area contributed by atoms with Crippen LogP contribution in [0.15, 0.2) is 97.7 Å². The van der Waals surface area contributed by atoms with Crippen LogP contribution in [-0.2, 0) is 0 Å². The van der Waals surface area contributed by atoms with Crippen molar-refractivity contribution in [2.75, 3.05) is 0 Å². The van der Waals surface area contributed by atoms with Crippen LogP contribution in [0.3, 0.4) is 0 Å². The average Bonchev–Trinajstić information content (AvgIpc) is 2.93. The maximum Gasteiger partial charge on any atom is 0.204 e. The van der Waals surface area contributed by atoms with Crippen LogP contribution in [0, 0.1) is 0 Å². The Morgan fingerprint density at radius 2 is 1.38 bits per heavy atom. The van der Waals surface area contributed by atoms with Crippen molar-refractivity contribution in [2.24, 2.45) is 0 Å². The Kier molecular flexibility index (Phi) is 5.85. The number of rotatable bonds is 4. The lowest BCUT2D eigenvalue weighted by molar-refractivity contribution is 0.411. The predicted octanol–water partition coefficient (Wildman–Crippen LogP) is 6.50. The van der Waals surface area contributed by atoms with Gasteiger partial charge in [0.25, 0.3) is 0 Å². The second-order valence-corrected chi connectivity index (χ2v) is 9.26. The summed E-state index contributed by atoms with van der Waals surface area (Å²) in [5.74, 6) is -0.703. The van der Waals surface area contributed by atoms with Gasteiger partial charge in [-0.3, -0.25) is 9.59 Å². The second-order valence-electron chi connectivity index (χ2n) is 8.88. The number of phenolic OH excluding ortho intramolecular Hbond substituents is 4. The third kappa shape index (κ3) is 4.14. The van der Waals surface area contributed by atoms with Crippen molar-refractivity contribution in [3.63, 3.8) is 0 Å². The molecule has 10 heteroatoms. The number of ether oxygens (including phenoxy) is 1. The van der Waals surface area contributed by atoms with E-state index in [-0.39, 0.29) is 60.8 Å². The van der Waals surface area contributed by atoms with Crippen LogP contribution in [0.2, 0.25) is 5.02 Å². The van der Waals surface area contributed by atoms with Crippen molar-refractivity contribution in [2.45, 2.75) is 0 Å². The number of halogens is 1. The minimum absolute atomic E-state index is 0.0287. The molecule has 0 saturated heterocycles. The molecule has 6 rings (SSSR count). The molecular formula is C30H17ClO9. The molecule has 0 bridgehead atoms. The Balaban J connectivity index is 1.32. The van der Waals surface area contributed by atoms with Gasteiger partial charge in [0.15, 0.2) is 22.5 Å². The molecule has 9 nitrogen and oxygen atoms in total. The molecule has 0 fully saturated rings. The zero-order valence-corrected chi connectivity index (χ0v) is 21.0. The fourth-order valence-electron chi connectivity index (χ4n) is 4.35. The highest BCUT2D eigenvalue weighted by Gasteiger charge is 2.18. The molecule has 0 radical (unpaired) electrons. The van der Waals surface area contributed by atoms with Gasteiger partial charge in [0.1, 0.15) is 51.5 Å². The smallest absolute Gasteiger partial charge is 0.204 e. The number of hydrogen-bond acceptors (Lipinski definition) is 9. The number of fused-ring (bicyclic) bond motifs is 2. The fourth-order valence-corrected chi connectivity index (χ4v) is 4.55. The van der Waals surface area contributed by atoms with Crippen LogP contribution < -0.4 is 15.6 Å². The van der Waals surface area contributed by atoms with Gasteiger partial charge in [-0.25, -0.2) is 0 Å². The first kappa shape index (κ1) is 24.9. The summed E-state index contributed by atoms with van der Waals surface area (Å²) in [6, 6.07) is 15.9. The van der Waals surface area contributed by atoms with Gasteiger partial charge >= 0.3 is 0 Å². The van der Waals surface area contributed by atoms with E-state index in [1.807, 2.05) is 0 Å². The fraction of sp³-hybridized carbons (Fsp3) is 0. The van der Waals surface area contributed by atoms with Gasteiger partial charge in [0.2, 0.25) is 5.43 Å². The molecule has 4 N–H and O–H groups in total. The van der Waals surface area contributed by atoms with Gasteiger partial charge in [-0.1, -0.05) is 29.8 Å². The molecule has 0 spiro atoms. The highest BCUT2D eigenvalue weighted by molar-refractivity contribution is 6.36. The number of benzene rings is 4. The summed E-state index contributed by atoms with van der Waals surface area (Å²) in [5.41, 5.74) is 0.483. The van der Waals surface area contributed by atoms with Gasteiger partial charge in [0, 0.05) is 12.1 Å². The minimum atomic E-state index is -0.552. The van der Waals surface area contributed by atoms with Crippen LogP contribution in [0.25, 0.3) is 44.2 Å². The minimum Gasteiger partial charge on any atom is -0.508 e. The Hall–Kier alpha value is -5.41. The topological polar surface area (TPSA) is 151 Å². The van der Waals surface area contributed by atoms with E-state index in [1.54, 1.807) is 30.3 Å². The summed E-state index contributed by atoms with van der Waals surface area (Å²) in [6.45, 7) is 0. The van der Waals surface area contributed by atoms with Gasteiger partial charge in [-0.2, -0.15) is 0 Å². The van der Waals surface area contributed by atoms with Crippen molar-refractivity contribution < 1.29 is 34.0 Å². The normalized spacial score (nSPS) is 11.2. The highest BCUT2D eigenvalue weighted by Crippen LogP contribution is 2.38. The van der Waals surface area contributed by atoms with Crippen molar-refractivity contribution in [3.05, 3.63) is 105 Å². The van der Waals surface area contributed by atoms with E-state index in [1.165, 1.54) is 42.9 Å². The number of phenols is 4. The maximum atomic E-state index is 13.1. The lowest BCUT2D eigenvalue weighted by atomic mass is 10.0. The number of aromatic hydroxyl groups is 4. The van der Waals surface area contributed by atoms with E-state index >= 15 is 0 Å². The number of hydrogen-bond donors (Lipinski definition) is 4. The van der Waals surface area contributed by atoms with Crippen molar-refractivity contribution in [3.8, 4) is 56.8 Å². The molecule has 0 aliphatic rings. The predicted molar refractivity (Wildman–Crippen MR) is 148 cm³/mol. The molecule has 0 unspecified atom stereocenters. The molecule has 40 heavy (non-hydrogen) atoms. The second kappa shape index (κ2) is 9.40. The first-order valence-electron chi connectivity index (χ1n) is 11.7. The van der Waals surface area contributed by atoms with E-state index in [0.29, 0.717) is 16.9 Å². The summed E-state index contributed by atoms with van der Waals surface area (Å²) in [6.07, 6.45) is 2.45. The van der Waals surface area contributed by atoms with Crippen LogP contribution in [0.1, 0.15) is 0 Å². The highest BCUT2D eigenvalue weighted by atomic mass is 35.5. The standard InChI is InChI=1S/C30H17ClO9/c31-27-23(35)11-22(34)26-29(37)19(13-39-30(26)27)14-1-5-17(6-2-14)40-25-9-15(3-8-21(25)33)20-12-38-24-10-16(32)4-7-18(24)28(20)36/h1-13,32-35H. The molecule has 0 atom stereocenters. The molecule has 6 aromatic rings. The Morgan fingerprint density at radius 3 is 2.15 bits per heavy atom. The van der Waals surface area contributed by atoms with Crippen LogP contribution in [0.5, 0.6) is 34.5 Å². The maximum absolute atomic E-state index is 13.1. The quantitative estimate of drug-likeness (QED) is 0.191. The lowest BCUT2D eigenvalue weighted by Crippen LogP contribution is -2.05. The summed E-state index contributed by atoms with van der Waals surface area (Å²) < 4.78 is 16.8. The van der Waals surface area contributed by atoms with Gasteiger partial charge in [-0.05, 0) is 47.5 Å². The van der Waals surface area contributed by atoms with E-state index in [2.05, 4.69) is 0 Å². The van der Waals surface area contributed by atoms with Gasteiger partial charge in [0.05, 0.1) is 16.5 Å². The van der Waals surface area contributed by atoms with Crippen LogP contribution >= 0.6 is 11.6 Å². The average molecular weight is 557 g/mol. The molecule has 2 heterocycles. The monoisotopic (exact) mass is 556 g/mol. The molecule has 4 aromatic carbocycles. The van der Waals surface area contributed by atoms with Crippen molar-refractivity contribution in [1.29, 1.82) is 0 Å². The van der Waals surface area contributed by atoms with Crippen LogP contribution in [-0.4, -0.2) is 20.4 Å². The third-order valence-corrected chi connectivity index (χ3v) is 6.73. The van der Waals surface area contributed by atoms with Crippen molar-refractivity contribution >= 4 is 33.5 Å². The molecular weight excluding hydrogens is 540 g/mol. The van der Waals surface area contributed by atoms with Gasteiger partial charge < -0.3 is 34.0 Å². The first-order chi connectivity index (χ1) is 19.2. The molecule has 0 saturated carbocycles. The van der Waals surface area contributed by atoms with E-state index < -0.39 is 16.9 Å². The molecule has 198 valence electrons. The Bertz CT molecular complexity index is 2080. The third-order valence-electron chi connectivity index (χ3n) is 6.37. The Labute approximate surface area is 228 Å². The molecule has 0 aliphatic carbocycles. The van der Waals surface area contributed by atoms with Crippen LogP contribution in [0.4, 0.5) is 0 Å². The lowest BCUT2D eigenvalue weighted by Gasteiger charge is -2.11. The molecule has 0 amide bonds. The summed E-state index contributed by atoms with van der Waals surface area (Å²) in [4.78, 5) is 26.1. The molecule has 2 aromatic heterocycles. The van der Waals surface area contributed by atoms with Gasteiger partial charge in [-0.15, -0.1) is 0 Å².